The maximum Gasteiger partial charge on any atom is 0.132 e. The van der Waals surface area contributed by atoms with E-state index in [9.17, 15) is 0 Å². The molecule has 1 N–H and O–H groups in total. The van der Waals surface area contributed by atoms with Gasteiger partial charge in [0.1, 0.15) is 4.32 Å². The van der Waals surface area contributed by atoms with Gasteiger partial charge in [-0.15, -0.1) is 12.6 Å². The molecule has 2 rings (SSSR count). The van der Waals surface area contributed by atoms with Crippen molar-refractivity contribution in [3.63, 3.8) is 0 Å². The zero-order valence-corrected chi connectivity index (χ0v) is 11.5. The largest absolute Gasteiger partial charge is 0.364 e. The number of rotatable bonds is 1. The molecule has 1 aromatic carbocycles. The Morgan fingerprint density at radius 1 is 1.24 bits per heavy atom. The van der Waals surface area contributed by atoms with Crippen LogP contribution in [-0.2, 0) is 0 Å². The zero-order valence-electron chi connectivity index (χ0n) is 9.79. The fourth-order valence-electron chi connectivity index (χ4n) is 1.03. The average Bonchev–Trinajstić information content (AvgIpc) is 2.84. The van der Waals surface area contributed by atoms with Crippen LogP contribution >= 0.6 is 24.8 Å². The number of nitrogens with zero attached hydrogens (tertiary/aromatic N) is 2. The van der Waals surface area contributed by atoms with Gasteiger partial charge in [-0.1, -0.05) is 42.5 Å². The predicted molar refractivity (Wildman–Crippen MR) is 79.3 cm³/mol. The third-order valence-corrected chi connectivity index (χ3v) is 2.72. The van der Waals surface area contributed by atoms with Crippen molar-refractivity contribution >= 4 is 29.2 Å². The van der Waals surface area contributed by atoms with E-state index in [4.69, 9.17) is 0 Å². The Kier molecular flexibility index (Phi) is 5.72. The van der Waals surface area contributed by atoms with Crippen LogP contribution in [0.3, 0.4) is 0 Å². The molecule has 0 aliphatic carbocycles. The molecule has 1 aromatic heterocycles. The first-order valence-electron chi connectivity index (χ1n) is 5.06. The number of aromatic nitrogens is 2. The van der Waals surface area contributed by atoms with Crippen LogP contribution in [0.1, 0.15) is 0 Å². The first kappa shape index (κ1) is 13.7. The Morgan fingerprint density at radius 2 is 1.82 bits per heavy atom. The highest BCUT2D eigenvalue weighted by Crippen LogP contribution is 2.13. The average molecular weight is 265 g/mol. The van der Waals surface area contributed by atoms with E-state index in [2.05, 4.69) is 35.0 Å². The number of benzene rings is 1. The third kappa shape index (κ3) is 5.01. The molecule has 3 nitrogen and oxygen atoms in total. The van der Waals surface area contributed by atoms with E-state index in [-0.39, 0.29) is 0 Å². The van der Waals surface area contributed by atoms with Crippen LogP contribution in [0.5, 0.6) is 0 Å². The molecule has 0 unspecified atom stereocenters. The molecule has 0 amide bonds. The van der Waals surface area contributed by atoms with Crippen molar-refractivity contribution in [2.45, 2.75) is 0 Å². The minimum Gasteiger partial charge on any atom is -0.364 e. The molecule has 0 aliphatic rings. The lowest BCUT2D eigenvalue weighted by Crippen LogP contribution is -2.12. The molecule has 5 heteroatoms. The Labute approximate surface area is 112 Å². The summed E-state index contributed by atoms with van der Waals surface area (Å²) in [5.41, 5.74) is 2.14. The van der Waals surface area contributed by atoms with Gasteiger partial charge in [0.25, 0.3) is 0 Å². The Bertz CT molecular complexity index is 438. The predicted octanol–water partition coefficient (Wildman–Crippen LogP) is 2.84. The van der Waals surface area contributed by atoms with Crippen molar-refractivity contribution in [2.24, 2.45) is 0 Å². The molecule has 1 heterocycles. The van der Waals surface area contributed by atoms with Gasteiger partial charge in [-0.3, -0.25) is 5.10 Å². The molecule has 0 aliphatic heterocycles. The van der Waals surface area contributed by atoms with Crippen molar-refractivity contribution < 1.29 is 0 Å². The van der Waals surface area contributed by atoms with Crippen molar-refractivity contribution in [2.75, 3.05) is 14.1 Å². The van der Waals surface area contributed by atoms with Crippen LogP contribution < -0.4 is 0 Å². The molecule has 0 bridgehead atoms. The summed E-state index contributed by atoms with van der Waals surface area (Å²) >= 11 is 8.46. The monoisotopic (exact) mass is 265 g/mol. The smallest absolute Gasteiger partial charge is 0.132 e. The highest BCUT2D eigenvalue weighted by Gasteiger charge is 1.95. The molecule has 0 fully saturated rings. The third-order valence-electron chi connectivity index (χ3n) is 1.95. The standard InChI is InChI=1S/C9H8N2.C3H7NS2/c1-2-4-8(5-3-1)9-6-7-10-11-9;1-4(2)3(5)6/h1-7H,(H,10,11);1-2H3,(H,5,6). The van der Waals surface area contributed by atoms with Crippen LogP contribution in [0.2, 0.25) is 0 Å². The number of aromatic amines is 1. The topological polar surface area (TPSA) is 31.9 Å². The van der Waals surface area contributed by atoms with Gasteiger partial charge in [0.05, 0.1) is 5.69 Å². The van der Waals surface area contributed by atoms with Crippen molar-refractivity contribution in [1.82, 2.24) is 15.1 Å². The Balaban J connectivity index is 0.000000209. The summed E-state index contributed by atoms with van der Waals surface area (Å²) in [6, 6.07) is 12.0. The van der Waals surface area contributed by atoms with Gasteiger partial charge in [-0.25, -0.2) is 0 Å². The van der Waals surface area contributed by atoms with Crippen LogP contribution in [0.25, 0.3) is 11.3 Å². The quantitative estimate of drug-likeness (QED) is 0.614. The molecule has 0 saturated carbocycles. The normalized spacial score (nSPS) is 9.12. The van der Waals surface area contributed by atoms with Gasteiger partial charge in [0.15, 0.2) is 0 Å². The van der Waals surface area contributed by atoms with E-state index in [0.717, 1.165) is 11.3 Å². The van der Waals surface area contributed by atoms with Crippen molar-refractivity contribution in [3.8, 4) is 11.3 Å². The number of hydrogen-bond acceptors (Lipinski definition) is 2. The van der Waals surface area contributed by atoms with Crippen molar-refractivity contribution in [1.29, 1.82) is 0 Å². The summed E-state index contributed by atoms with van der Waals surface area (Å²) in [4.78, 5) is 1.76. The fourth-order valence-corrected chi connectivity index (χ4v) is 1.03. The highest BCUT2D eigenvalue weighted by molar-refractivity contribution is 8.10. The van der Waals surface area contributed by atoms with E-state index in [1.807, 2.05) is 56.7 Å². The summed E-state index contributed by atoms with van der Waals surface area (Å²) in [7, 11) is 3.71. The van der Waals surface area contributed by atoms with Gasteiger partial charge < -0.3 is 4.90 Å². The van der Waals surface area contributed by atoms with Gasteiger partial charge in [-0.2, -0.15) is 5.10 Å². The van der Waals surface area contributed by atoms with Gasteiger partial charge in [0.2, 0.25) is 0 Å². The number of thiocarbonyl (C=S) groups is 1. The number of thiol groups is 1. The Hall–Kier alpha value is -1.33. The number of hydrogen-bond donors (Lipinski definition) is 2. The van der Waals surface area contributed by atoms with Crippen LogP contribution in [0.15, 0.2) is 42.6 Å². The maximum absolute atomic E-state index is 4.61. The highest BCUT2D eigenvalue weighted by atomic mass is 32.1. The molecule has 0 atom stereocenters. The van der Waals surface area contributed by atoms with Gasteiger partial charge >= 0.3 is 0 Å². The fraction of sp³-hybridized carbons (Fsp3) is 0.167. The van der Waals surface area contributed by atoms with Gasteiger partial charge in [-0.05, 0) is 6.07 Å². The van der Waals surface area contributed by atoms with Crippen LogP contribution in [0, 0.1) is 0 Å². The van der Waals surface area contributed by atoms with E-state index in [1.54, 1.807) is 4.90 Å². The molecule has 0 radical (unpaired) electrons. The SMILES string of the molecule is CN(C)C(=S)S.c1ccc(-c2cc[nH]n2)cc1. The minimum absolute atomic E-state index is 0.620. The molecule has 0 spiro atoms. The second-order valence-corrected chi connectivity index (χ2v) is 4.62. The first-order valence-corrected chi connectivity index (χ1v) is 5.92. The lowest BCUT2D eigenvalue weighted by molar-refractivity contribution is 0.648. The maximum atomic E-state index is 4.61. The zero-order chi connectivity index (χ0) is 12.7. The first-order chi connectivity index (χ1) is 8.11. The van der Waals surface area contributed by atoms with Crippen molar-refractivity contribution in [3.05, 3.63) is 42.6 Å². The second kappa shape index (κ2) is 7.09. The number of H-pyrrole nitrogens is 1. The summed E-state index contributed by atoms with van der Waals surface area (Å²) in [5.74, 6) is 0. The van der Waals surface area contributed by atoms with Crippen LogP contribution in [-0.4, -0.2) is 33.5 Å². The minimum atomic E-state index is 0.620. The van der Waals surface area contributed by atoms with E-state index < -0.39 is 0 Å². The summed E-state index contributed by atoms with van der Waals surface area (Å²) in [6.45, 7) is 0. The summed E-state index contributed by atoms with van der Waals surface area (Å²) in [5, 5.41) is 6.84. The molecule has 0 saturated heterocycles. The summed E-state index contributed by atoms with van der Waals surface area (Å²) < 4.78 is 0.620. The Morgan fingerprint density at radius 3 is 2.24 bits per heavy atom. The van der Waals surface area contributed by atoms with Crippen LogP contribution in [0.4, 0.5) is 0 Å². The molecular weight excluding hydrogens is 250 g/mol. The molecule has 17 heavy (non-hydrogen) atoms. The van der Waals surface area contributed by atoms with E-state index in [0.29, 0.717) is 4.32 Å². The molecule has 90 valence electrons. The lowest BCUT2D eigenvalue weighted by atomic mass is 10.2. The molecule has 2 aromatic rings. The number of nitrogens with one attached hydrogen (secondary N) is 1. The van der Waals surface area contributed by atoms with E-state index >= 15 is 0 Å². The van der Waals surface area contributed by atoms with E-state index in [1.165, 1.54) is 0 Å². The lowest BCUT2D eigenvalue weighted by Gasteiger charge is -2.05. The van der Waals surface area contributed by atoms with Gasteiger partial charge in [0, 0.05) is 25.9 Å². The molecular formula is C12H15N3S2. The second-order valence-electron chi connectivity index (χ2n) is 3.50. The summed E-state index contributed by atoms with van der Waals surface area (Å²) in [6.07, 6.45) is 1.82.